The van der Waals surface area contributed by atoms with Gasteiger partial charge in [0, 0.05) is 4.47 Å². The Hall–Kier alpha value is -1.67. The molecule has 0 aliphatic carbocycles. The summed E-state index contributed by atoms with van der Waals surface area (Å²) in [6.45, 7) is 0. The monoisotopic (exact) mass is 336 g/mol. The predicted molar refractivity (Wildman–Crippen MR) is 65.6 cm³/mol. The molecule has 0 atom stereocenters. The first-order valence-electron chi connectivity index (χ1n) is 4.41. The van der Waals surface area contributed by atoms with Gasteiger partial charge in [-0.2, -0.15) is 0 Å². The van der Waals surface area contributed by atoms with Gasteiger partial charge < -0.3 is 10.1 Å². The second-order valence-electron chi connectivity index (χ2n) is 3.31. The molecule has 1 aromatic carbocycles. The number of fused-ring (bicyclic) bond motifs is 1. The van der Waals surface area contributed by atoms with Crippen molar-refractivity contribution >= 4 is 44.1 Å². The molecule has 6 nitrogen and oxygen atoms in total. The van der Waals surface area contributed by atoms with E-state index >= 15 is 0 Å². The number of halogens is 3. The molecule has 0 amide bonds. The molecule has 9 heteroatoms. The Kier molecular flexibility index (Phi) is 2.99. The number of nitro groups is 1. The minimum Gasteiger partial charge on any atom is -0.501 e. The normalized spacial score (nSPS) is 10.8. The smallest absolute Gasteiger partial charge is 0.375 e. The molecule has 0 saturated heterocycles. The van der Waals surface area contributed by atoms with Crippen molar-refractivity contribution in [3.8, 4) is 5.75 Å². The van der Waals surface area contributed by atoms with Crippen molar-refractivity contribution in [1.82, 2.24) is 4.98 Å². The highest BCUT2D eigenvalue weighted by Crippen LogP contribution is 2.38. The van der Waals surface area contributed by atoms with E-state index in [-0.39, 0.29) is 14.9 Å². The molecule has 0 bridgehead atoms. The van der Waals surface area contributed by atoms with E-state index in [2.05, 4.69) is 15.9 Å². The Morgan fingerprint density at radius 1 is 1.56 bits per heavy atom. The molecule has 0 saturated carbocycles. The van der Waals surface area contributed by atoms with E-state index < -0.39 is 33.3 Å². The van der Waals surface area contributed by atoms with Gasteiger partial charge in [0.1, 0.15) is 0 Å². The summed E-state index contributed by atoms with van der Waals surface area (Å²) in [6.07, 6.45) is 0. The minimum absolute atomic E-state index is 0.126. The molecule has 0 aliphatic heterocycles. The number of benzene rings is 1. The fourth-order valence-corrected chi connectivity index (χ4v) is 2.46. The van der Waals surface area contributed by atoms with E-state index in [1.165, 1.54) is 0 Å². The molecule has 0 unspecified atom stereocenters. The van der Waals surface area contributed by atoms with E-state index in [9.17, 15) is 24.4 Å². The third kappa shape index (κ3) is 1.73. The van der Waals surface area contributed by atoms with Crippen LogP contribution in [0.3, 0.4) is 0 Å². The SMILES string of the molecule is O=c1[nH]c2c(F)c(Cl)cc(Br)c2c(O)c1[N+](=O)[O-]. The summed E-state index contributed by atoms with van der Waals surface area (Å²) in [5.41, 5.74) is -2.66. The molecule has 2 N–H and O–H groups in total. The number of hydrogen-bond donors (Lipinski definition) is 2. The van der Waals surface area contributed by atoms with Crippen LogP contribution in [-0.4, -0.2) is 15.0 Å². The topological polar surface area (TPSA) is 96.2 Å². The van der Waals surface area contributed by atoms with E-state index in [1.54, 1.807) is 0 Å². The lowest BCUT2D eigenvalue weighted by atomic mass is 10.2. The summed E-state index contributed by atoms with van der Waals surface area (Å²) in [4.78, 5) is 23.0. The number of aromatic nitrogens is 1. The number of hydrogen-bond acceptors (Lipinski definition) is 4. The van der Waals surface area contributed by atoms with Gasteiger partial charge in [0.25, 0.3) is 0 Å². The Labute approximate surface area is 111 Å². The van der Waals surface area contributed by atoms with Crippen molar-refractivity contribution in [2.75, 3.05) is 0 Å². The number of aromatic hydroxyl groups is 1. The van der Waals surface area contributed by atoms with Crippen molar-refractivity contribution < 1.29 is 14.4 Å². The maximum absolute atomic E-state index is 13.7. The lowest BCUT2D eigenvalue weighted by Gasteiger charge is -2.06. The van der Waals surface area contributed by atoms with Crippen molar-refractivity contribution in [1.29, 1.82) is 0 Å². The lowest BCUT2D eigenvalue weighted by Crippen LogP contribution is -2.12. The van der Waals surface area contributed by atoms with Crippen LogP contribution in [0.4, 0.5) is 10.1 Å². The van der Waals surface area contributed by atoms with Crippen LogP contribution >= 0.6 is 27.5 Å². The number of aromatic amines is 1. The first kappa shape index (κ1) is 12.8. The first-order chi connectivity index (χ1) is 8.34. The number of rotatable bonds is 1. The van der Waals surface area contributed by atoms with E-state index in [4.69, 9.17) is 11.6 Å². The summed E-state index contributed by atoms with van der Waals surface area (Å²) in [5, 5.41) is 19.8. The van der Waals surface area contributed by atoms with Crippen LogP contribution in [0.5, 0.6) is 5.75 Å². The van der Waals surface area contributed by atoms with Crippen molar-refractivity contribution in [3.63, 3.8) is 0 Å². The molecular weight excluding hydrogens is 334 g/mol. The van der Waals surface area contributed by atoms with E-state index in [1.807, 2.05) is 4.98 Å². The van der Waals surface area contributed by atoms with Gasteiger partial charge in [-0.3, -0.25) is 14.9 Å². The Morgan fingerprint density at radius 2 is 2.17 bits per heavy atom. The Morgan fingerprint density at radius 3 is 2.72 bits per heavy atom. The van der Waals surface area contributed by atoms with Gasteiger partial charge in [0.15, 0.2) is 5.82 Å². The van der Waals surface area contributed by atoms with E-state index in [0.29, 0.717) is 0 Å². The highest BCUT2D eigenvalue weighted by atomic mass is 79.9. The highest BCUT2D eigenvalue weighted by Gasteiger charge is 2.25. The van der Waals surface area contributed by atoms with Crippen LogP contribution in [0.15, 0.2) is 15.3 Å². The average Bonchev–Trinajstić information content (AvgIpc) is 2.24. The number of nitrogens with zero attached hydrogens (tertiary/aromatic N) is 1. The van der Waals surface area contributed by atoms with Crippen molar-refractivity contribution in [3.05, 3.63) is 41.8 Å². The first-order valence-corrected chi connectivity index (χ1v) is 5.58. The Bertz CT molecular complexity index is 746. The maximum atomic E-state index is 13.7. The third-order valence-electron chi connectivity index (χ3n) is 2.27. The van der Waals surface area contributed by atoms with Gasteiger partial charge in [-0.15, -0.1) is 0 Å². The summed E-state index contributed by atoms with van der Waals surface area (Å²) in [5.74, 6) is -1.89. The van der Waals surface area contributed by atoms with Gasteiger partial charge in [0.2, 0.25) is 5.75 Å². The molecule has 94 valence electrons. The molecule has 0 aliphatic rings. The summed E-state index contributed by atoms with van der Waals surface area (Å²) in [6, 6.07) is 1.13. The molecule has 18 heavy (non-hydrogen) atoms. The summed E-state index contributed by atoms with van der Waals surface area (Å²) in [7, 11) is 0. The largest absolute Gasteiger partial charge is 0.501 e. The number of H-pyrrole nitrogens is 1. The molecule has 0 fully saturated rings. The standard InChI is InChI=1S/C9H3BrClFN2O4/c10-2-1-3(11)5(12)6-4(2)8(15)7(14(17)18)9(16)13-6/h1H,(H2,13,15,16). The molecule has 1 aromatic heterocycles. The average molecular weight is 337 g/mol. The maximum Gasteiger partial charge on any atom is 0.375 e. The van der Waals surface area contributed by atoms with Gasteiger partial charge in [0.05, 0.1) is 20.8 Å². The van der Waals surface area contributed by atoms with Crippen LogP contribution in [0, 0.1) is 15.9 Å². The van der Waals surface area contributed by atoms with Gasteiger partial charge in [-0.1, -0.05) is 11.6 Å². The van der Waals surface area contributed by atoms with Gasteiger partial charge in [-0.25, -0.2) is 4.39 Å². The van der Waals surface area contributed by atoms with Crippen molar-refractivity contribution in [2.24, 2.45) is 0 Å². The zero-order valence-electron chi connectivity index (χ0n) is 8.33. The third-order valence-corrected chi connectivity index (χ3v) is 3.17. The zero-order valence-corrected chi connectivity index (χ0v) is 10.7. The summed E-state index contributed by atoms with van der Waals surface area (Å²) >= 11 is 8.54. The number of pyridine rings is 1. The molecule has 2 rings (SSSR count). The van der Waals surface area contributed by atoms with Crippen molar-refractivity contribution in [2.45, 2.75) is 0 Å². The second kappa shape index (κ2) is 4.21. The van der Waals surface area contributed by atoms with Gasteiger partial charge >= 0.3 is 11.2 Å². The quantitative estimate of drug-likeness (QED) is 0.475. The lowest BCUT2D eigenvalue weighted by molar-refractivity contribution is -0.387. The highest BCUT2D eigenvalue weighted by molar-refractivity contribution is 9.10. The Balaban J connectivity index is 3.10. The minimum atomic E-state index is -1.21. The molecule has 1 heterocycles. The van der Waals surface area contributed by atoms with Crippen LogP contribution in [0.2, 0.25) is 5.02 Å². The molecular formula is C9H3BrClFN2O4. The number of nitrogens with one attached hydrogen (secondary N) is 1. The predicted octanol–water partition coefficient (Wildman–Crippen LogP) is 2.70. The molecule has 2 aromatic rings. The second-order valence-corrected chi connectivity index (χ2v) is 4.57. The van der Waals surface area contributed by atoms with E-state index in [0.717, 1.165) is 6.07 Å². The molecule has 0 radical (unpaired) electrons. The van der Waals surface area contributed by atoms with Gasteiger partial charge in [-0.05, 0) is 22.0 Å². The van der Waals surface area contributed by atoms with Crippen LogP contribution in [0.1, 0.15) is 0 Å². The van der Waals surface area contributed by atoms with Crippen LogP contribution in [0.25, 0.3) is 10.9 Å². The molecule has 0 spiro atoms. The van der Waals surface area contributed by atoms with Crippen LogP contribution < -0.4 is 5.56 Å². The fourth-order valence-electron chi connectivity index (χ4n) is 1.51. The zero-order chi connectivity index (χ0) is 13.6. The van der Waals surface area contributed by atoms with Crippen LogP contribution in [-0.2, 0) is 0 Å². The fraction of sp³-hybridized carbons (Fsp3) is 0. The summed E-state index contributed by atoms with van der Waals surface area (Å²) < 4.78 is 13.8.